The fourth-order valence-corrected chi connectivity index (χ4v) is 2.72. The summed E-state index contributed by atoms with van der Waals surface area (Å²) in [6.07, 6.45) is 1.17. The van der Waals surface area contributed by atoms with Gasteiger partial charge in [-0.1, -0.05) is 0 Å². The Bertz CT molecular complexity index is 554. The van der Waals surface area contributed by atoms with Crippen LogP contribution in [0.2, 0.25) is 0 Å². The van der Waals surface area contributed by atoms with Crippen LogP contribution in [0.3, 0.4) is 0 Å². The second-order valence-corrected chi connectivity index (χ2v) is 6.58. The Morgan fingerprint density at radius 1 is 1.44 bits per heavy atom. The molecule has 0 radical (unpaired) electrons. The molecule has 6 nitrogen and oxygen atoms in total. The number of hydrogen-bond donors (Lipinski definition) is 1. The molecule has 100 valence electrons. The Morgan fingerprint density at radius 3 is 2.50 bits per heavy atom. The minimum atomic E-state index is -3.05. The zero-order valence-corrected chi connectivity index (χ0v) is 11.3. The van der Waals surface area contributed by atoms with Crippen molar-refractivity contribution in [3.8, 4) is 0 Å². The highest BCUT2D eigenvalue weighted by Gasteiger charge is 2.13. The lowest BCUT2D eigenvalue weighted by Crippen LogP contribution is -2.25. The second-order valence-electron chi connectivity index (χ2n) is 4.40. The molecule has 7 heteroatoms. The van der Waals surface area contributed by atoms with Crippen molar-refractivity contribution in [2.24, 2.45) is 0 Å². The number of anilines is 1. The minimum Gasteiger partial charge on any atom is -0.382 e. The van der Waals surface area contributed by atoms with Crippen LogP contribution in [0, 0.1) is 17.0 Å². The number of sulfone groups is 1. The summed E-state index contributed by atoms with van der Waals surface area (Å²) in [5, 5.41) is 13.7. The van der Waals surface area contributed by atoms with Crippen molar-refractivity contribution < 1.29 is 13.3 Å². The van der Waals surface area contributed by atoms with E-state index in [2.05, 4.69) is 5.32 Å². The van der Waals surface area contributed by atoms with E-state index in [4.69, 9.17) is 0 Å². The van der Waals surface area contributed by atoms with Crippen LogP contribution < -0.4 is 5.32 Å². The van der Waals surface area contributed by atoms with Gasteiger partial charge in [-0.05, 0) is 26.0 Å². The van der Waals surface area contributed by atoms with Crippen molar-refractivity contribution in [2.75, 3.05) is 17.3 Å². The summed E-state index contributed by atoms with van der Waals surface area (Å²) in [7, 11) is -3.05. The highest BCUT2D eigenvalue weighted by atomic mass is 32.2. The second kappa shape index (κ2) is 5.34. The van der Waals surface area contributed by atoms with Crippen LogP contribution in [0.1, 0.15) is 12.5 Å². The summed E-state index contributed by atoms with van der Waals surface area (Å²) >= 11 is 0. The van der Waals surface area contributed by atoms with Gasteiger partial charge >= 0.3 is 0 Å². The lowest BCUT2D eigenvalue weighted by molar-refractivity contribution is -0.385. The van der Waals surface area contributed by atoms with Gasteiger partial charge in [0.25, 0.3) is 5.69 Å². The number of aryl methyl sites for hydroxylation is 1. The van der Waals surface area contributed by atoms with Gasteiger partial charge in [-0.2, -0.15) is 0 Å². The van der Waals surface area contributed by atoms with Gasteiger partial charge in [-0.25, -0.2) is 8.42 Å². The van der Waals surface area contributed by atoms with Crippen LogP contribution in [0.4, 0.5) is 11.4 Å². The number of nitro benzene ring substituents is 1. The Morgan fingerprint density at radius 2 is 2.06 bits per heavy atom. The van der Waals surface area contributed by atoms with Gasteiger partial charge in [-0.3, -0.25) is 10.1 Å². The highest BCUT2D eigenvalue weighted by Crippen LogP contribution is 2.22. The molecule has 0 aliphatic rings. The maximum Gasteiger partial charge on any atom is 0.272 e. The average molecular weight is 272 g/mol. The first kappa shape index (κ1) is 14.4. The van der Waals surface area contributed by atoms with Crippen molar-refractivity contribution in [2.45, 2.75) is 19.9 Å². The molecule has 0 aliphatic carbocycles. The largest absolute Gasteiger partial charge is 0.382 e. The molecule has 0 saturated heterocycles. The molecule has 0 aliphatic heterocycles. The molecule has 0 amide bonds. The molecule has 0 fully saturated rings. The molecule has 0 bridgehead atoms. The minimum absolute atomic E-state index is 0.0169. The maximum absolute atomic E-state index is 11.1. The SMILES string of the molecule is Cc1cc(NC(C)CS(C)(=O)=O)ccc1[N+](=O)[O-]. The van der Waals surface area contributed by atoms with E-state index in [1.807, 2.05) is 0 Å². The van der Waals surface area contributed by atoms with Gasteiger partial charge < -0.3 is 5.32 Å². The van der Waals surface area contributed by atoms with Crippen molar-refractivity contribution >= 4 is 21.2 Å². The zero-order valence-electron chi connectivity index (χ0n) is 10.5. The van der Waals surface area contributed by atoms with Gasteiger partial charge in [0.1, 0.15) is 9.84 Å². The van der Waals surface area contributed by atoms with Gasteiger partial charge in [-0.15, -0.1) is 0 Å². The Labute approximate surface area is 106 Å². The molecule has 1 unspecified atom stereocenters. The number of rotatable bonds is 5. The molecule has 0 spiro atoms. The summed E-state index contributed by atoms with van der Waals surface area (Å²) < 4.78 is 22.2. The molecule has 18 heavy (non-hydrogen) atoms. The predicted molar refractivity (Wildman–Crippen MR) is 70.6 cm³/mol. The molecule has 1 aromatic rings. The van der Waals surface area contributed by atoms with E-state index in [9.17, 15) is 18.5 Å². The zero-order chi connectivity index (χ0) is 13.9. The third-order valence-corrected chi connectivity index (χ3v) is 3.46. The summed E-state index contributed by atoms with van der Waals surface area (Å²) in [4.78, 5) is 10.2. The maximum atomic E-state index is 11.1. The number of benzene rings is 1. The Balaban J connectivity index is 2.81. The van der Waals surface area contributed by atoms with E-state index < -0.39 is 14.8 Å². The fourth-order valence-electron chi connectivity index (χ4n) is 1.73. The van der Waals surface area contributed by atoms with Crippen LogP contribution in [-0.4, -0.2) is 31.4 Å². The van der Waals surface area contributed by atoms with Crippen LogP contribution in [-0.2, 0) is 9.84 Å². The van der Waals surface area contributed by atoms with Crippen LogP contribution in [0.25, 0.3) is 0 Å². The fraction of sp³-hybridized carbons (Fsp3) is 0.455. The first-order valence-corrected chi connectivity index (χ1v) is 7.44. The standard InChI is InChI=1S/C11H16N2O4S/c1-8-6-10(4-5-11(8)13(14)15)12-9(2)7-18(3,16)17/h4-6,9,12H,7H2,1-3H3. The number of nitro groups is 1. The van der Waals surface area contributed by atoms with E-state index in [0.717, 1.165) is 0 Å². The number of nitrogens with zero attached hydrogens (tertiary/aromatic N) is 1. The van der Waals surface area contributed by atoms with Crippen molar-refractivity contribution in [1.29, 1.82) is 0 Å². The van der Waals surface area contributed by atoms with Crippen LogP contribution in [0.5, 0.6) is 0 Å². The molecule has 1 rings (SSSR count). The number of nitrogens with one attached hydrogen (secondary N) is 1. The van der Waals surface area contributed by atoms with E-state index in [0.29, 0.717) is 11.3 Å². The monoisotopic (exact) mass is 272 g/mol. The molecule has 0 heterocycles. The van der Waals surface area contributed by atoms with Gasteiger partial charge in [0.15, 0.2) is 0 Å². The Kier molecular flexibility index (Phi) is 4.28. The number of hydrogen-bond acceptors (Lipinski definition) is 5. The van der Waals surface area contributed by atoms with E-state index >= 15 is 0 Å². The van der Waals surface area contributed by atoms with Crippen LogP contribution >= 0.6 is 0 Å². The van der Waals surface area contributed by atoms with E-state index in [1.165, 1.54) is 12.3 Å². The Hall–Kier alpha value is -1.63. The quantitative estimate of drug-likeness (QED) is 0.651. The summed E-state index contributed by atoms with van der Waals surface area (Å²) in [6, 6.07) is 4.37. The normalized spacial score (nSPS) is 13.1. The third-order valence-electron chi connectivity index (χ3n) is 2.36. The van der Waals surface area contributed by atoms with Gasteiger partial charge in [0.05, 0.1) is 10.7 Å². The average Bonchev–Trinajstić information content (AvgIpc) is 2.13. The van der Waals surface area contributed by atoms with E-state index in [-0.39, 0.29) is 17.5 Å². The molecule has 1 aromatic carbocycles. The molecular formula is C11H16N2O4S. The van der Waals surface area contributed by atoms with Crippen LogP contribution in [0.15, 0.2) is 18.2 Å². The summed E-state index contributed by atoms with van der Waals surface area (Å²) in [5.74, 6) is 0.0169. The molecular weight excluding hydrogens is 256 g/mol. The first-order chi connectivity index (χ1) is 8.19. The summed E-state index contributed by atoms with van der Waals surface area (Å²) in [6.45, 7) is 3.39. The van der Waals surface area contributed by atoms with Gasteiger partial charge in [0.2, 0.25) is 0 Å². The van der Waals surface area contributed by atoms with Crippen molar-refractivity contribution in [1.82, 2.24) is 0 Å². The lowest BCUT2D eigenvalue weighted by atomic mass is 10.1. The predicted octanol–water partition coefficient (Wildman–Crippen LogP) is 1.75. The molecule has 0 aromatic heterocycles. The van der Waals surface area contributed by atoms with Gasteiger partial charge in [0, 0.05) is 29.6 Å². The lowest BCUT2D eigenvalue weighted by Gasteiger charge is -2.14. The van der Waals surface area contributed by atoms with Crippen molar-refractivity contribution in [3.63, 3.8) is 0 Å². The highest BCUT2D eigenvalue weighted by molar-refractivity contribution is 7.90. The summed E-state index contributed by atoms with van der Waals surface area (Å²) in [5.41, 5.74) is 1.27. The third kappa shape index (κ3) is 4.33. The molecule has 0 saturated carbocycles. The van der Waals surface area contributed by atoms with Crippen molar-refractivity contribution in [3.05, 3.63) is 33.9 Å². The smallest absolute Gasteiger partial charge is 0.272 e. The van der Waals surface area contributed by atoms with E-state index in [1.54, 1.807) is 26.0 Å². The topological polar surface area (TPSA) is 89.3 Å². The molecule has 1 N–H and O–H groups in total. The first-order valence-electron chi connectivity index (χ1n) is 5.38. The molecule has 1 atom stereocenters.